The summed E-state index contributed by atoms with van der Waals surface area (Å²) in [5, 5.41) is 11.9. The minimum absolute atomic E-state index is 0.0355. The van der Waals surface area contributed by atoms with Gasteiger partial charge in [-0.2, -0.15) is 0 Å². The van der Waals surface area contributed by atoms with Crippen LogP contribution in [0, 0.1) is 10.1 Å². The third kappa shape index (κ3) is 3.32. The first kappa shape index (κ1) is 12.2. The van der Waals surface area contributed by atoms with E-state index >= 15 is 0 Å². The molecule has 0 amide bonds. The number of rotatable bonds is 4. The van der Waals surface area contributed by atoms with Gasteiger partial charge in [-0.25, -0.2) is 0 Å². The Bertz CT molecular complexity index is 393. The van der Waals surface area contributed by atoms with Gasteiger partial charge in [-0.3, -0.25) is 10.1 Å². The normalized spacial score (nSPS) is 10.8. The third-order valence-corrected chi connectivity index (χ3v) is 2.57. The molecule has 0 bridgehead atoms. The molecule has 0 aliphatic heterocycles. The van der Waals surface area contributed by atoms with E-state index in [4.69, 9.17) is 11.6 Å². The van der Waals surface area contributed by atoms with Gasteiger partial charge in [0.2, 0.25) is 0 Å². The van der Waals surface area contributed by atoms with Crippen LogP contribution in [-0.2, 0) is 0 Å². The Labute approximate surface area is 101 Å². The number of hydrogen-bond donors (Lipinski definition) is 0. The predicted octanol–water partition coefficient (Wildman–Crippen LogP) is 4.05. The highest BCUT2D eigenvalue weighted by Gasteiger charge is 2.13. The van der Waals surface area contributed by atoms with Crippen molar-refractivity contribution in [2.75, 3.05) is 5.33 Å². The van der Waals surface area contributed by atoms with Crippen LogP contribution in [0.3, 0.4) is 0 Å². The fourth-order valence-electron chi connectivity index (χ4n) is 1.11. The molecule has 1 aromatic rings. The van der Waals surface area contributed by atoms with E-state index in [1.54, 1.807) is 18.2 Å². The first-order valence-electron chi connectivity index (χ1n) is 4.32. The van der Waals surface area contributed by atoms with Crippen molar-refractivity contribution in [3.05, 3.63) is 45.0 Å². The van der Waals surface area contributed by atoms with E-state index in [1.807, 2.05) is 6.08 Å². The van der Waals surface area contributed by atoms with Crippen LogP contribution in [0.2, 0.25) is 5.02 Å². The number of nitrogens with zero attached hydrogens (tertiary/aromatic N) is 1. The highest BCUT2D eigenvalue weighted by molar-refractivity contribution is 9.09. The summed E-state index contributed by atoms with van der Waals surface area (Å²) in [4.78, 5) is 10.3. The Balaban J connectivity index is 3.07. The zero-order valence-corrected chi connectivity index (χ0v) is 10.2. The molecule has 0 saturated heterocycles. The average molecular weight is 291 g/mol. The van der Waals surface area contributed by atoms with Crippen LogP contribution in [0.1, 0.15) is 12.0 Å². The van der Waals surface area contributed by atoms with E-state index in [0.717, 1.165) is 11.8 Å². The van der Waals surface area contributed by atoms with E-state index in [1.165, 1.54) is 6.07 Å². The van der Waals surface area contributed by atoms with Crippen molar-refractivity contribution in [1.82, 2.24) is 0 Å². The van der Waals surface area contributed by atoms with Crippen LogP contribution in [-0.4, -0.2) is 10.3 Å². The highest BCUT2D eigenvalue weighted by Crippen LogP contribution is 2.27. The predicted molar refractivity (Wildman–Crippen MR) is 65.6 cm³/mol. The zero-order valence-electron chi connectivity index (χ0n) is 7.82. The lowest BCUT2D eigenvalue weighted by atomic mass is 10.1. The lowest BCUT2D eigenvalue weighted by Gasteiger charge is -1.99. The summed E-state index contributed by atoms with van der Waals surface area (Å²) in [5.41, 5.74) is 0.499. The van der Waals surface area contributed by atoms with Crippen molar-refractivity contribution < 1.29 is 4.92 Å². The van der Waals surface area contributed by atoms with Gasteiger partial charge < -0.3 is 0 Å². The molecule has 0 fully saturated rings. The maximum atomic E-state index is 10.7. The summed E-state index contributed by atoms with van der Waals surface area (Å²) >= 11 is 9.16. The van der Waals surface area contributed by atoms with E-state index in [-0.39, 0.29) is 5.69 Å². The van der Waals surface area contributed by atoms with Crippen LogP contribution >= 0.6 is 27.5 Å². The summed E-state index contributed by atoms with van der Waals surface area (Å²) < 4.78 is 0. The SMILES string of the molecule is O=[N+]([O-])c1cccc(Cl)c1C=CCCBr. The molecule has 0 N–H and O–H groups in total. The van der Waals surface area contributed by atoms with Crippen molar-refractivity contribution in [1.29, 1.82) is 0 Å². The molecule has 1 rings (SSSR count). The van der Waals surface area contributed by atoms with Crippen LogP contribution in [0.25, 0.3) is 6.08 Å². The number of hydrogen-bond acceptors (Lipinski definition) is 2. The smallest absolute Gasteiger partial charge is 0.258 e. The number of benzene rings is 1. The van der Waals surface area contributed by atoms with E-state index in [9.17, 15) is 10.1 Å². The zero-order chi connectivity index (χ0) is 11.3. The highest BCUT2D eigenvalue weighted by atomic mass is 79.9. The van der Waals surface area contributed by atoms with Gasteiger partial charge in [0.15, 0.2) is 0 Å². The Morgan fingerprint density at radius 3 is 2.87 bits per heavy atom. The molecule has 0 spiro atoms. The molecule has 0 aromatic heterocycles. The molecule has 0 heterocycles. The first-order chi connectivity index (χ1) is 7.16. The topological polar surface area (TPSA) is 43.1 Å². The van der Waals surface area contributed by atoms with Gasteiger partial charge in [-0.05, 0) is 12.5 Å². The summed E-state index contributed by atoms with van der Waals surface area (Å²) in [7, 11) is 0. The van der Waals surface area contributed by atoms with Crippen molar-refractivity contribution >= 4 is 39.3 Å². The lowest BCUT2D eigenvalue weighted by Crippen LogP contribution is -1.91. The molecule has 3 nitrogen and oxygen atoms in total. The molecule has 15 heavy (non-hydrogen) atoms. The van der Waals surface area contributed by atoms with Crippen molar-refractivity contribution in [2.45, 2.75) is 6.42 Å². The summed E-state index contributed by atoms with van der Waals surface area (Å²) in [5.74, 6) is 0. The Kier molecular flexibility index (Phi) is 4.78. The molecule has 0 radical (unpaired) electrons. The second-order valence-electron chi connectivity index (χ2n) is 2.81. The molecule has 80 valence electrons. The minimum atomic E-state index is -0.431. The van der Waals surface area contributed by atoms with E-state index < -0.39 is 4.92 Å². The fraction of sp³-hybridized carbons (Fsp3) is 0.200. The van der Waals surface area contributed by atoms with Gasteiger partial charge in [0.25, 0.3) is 5.69 Å². The molecule has 0 atom stereocenters. The number of nitro groups is 1. The molecule has 0 saturated carbocycles. The molecular weight excluding hydrogens is 281 g/mol. The quantitative estimate of drug-likeness (QED) is 0.477. The third-order valence-electron chi connectivity index (χ3n) is 1.79. The van der Waals surface area contributed by atoms with Gasteiger partial charge >= 0.3 is 0 Å². The lowest BCUT2D eigenvalue weighted by molar-refractivity contribution is -0.385. The van der Waals surface area contributed by atoms with Crippen LogP contribution in [0.5, 0.6) is 0 Å². The monoisotopic (exact) mass is 289 g/mol. The standard InChI is InChI=1S/C10H9BrClNO2/c11-7-2-1-4-8-9(12)5-3-6-10(8)13(14)15/h1,3-6H,2,7H2. The Hall–Kier alpha value is -0.870. The summed E-state index contributed by atoms with van der Waals surface area (Å²) in [6.45, 7) is 0. The number of halogens is 2. The second kappa shape index (κ2) is 5.88. The van der Waals surface area contributed by atoms with E-state index in [2.05, 4.69) is 15.9 Å². The van der Waals surface area contributed by atoms with Crippen molar-refractivity contribution in [2.24, 2.45) is 0 Å². The molecule has 1 aromatic carbocycles. The van der Waals surface area contributed by atoms with Crippen LogP contribution in [0.4, 0.5) is 5.69 Å². The number of allylic oxidation sites excluding steroid dienone is 1. The van der Waals surface area contributed by atoms with Gasteiger partial charge in [0.05, 0.1) is 15.5 Å². The average Bonchev–Trinajstić information content (AvgIpc) is 2.20. The van der Waals surface area contributed by atoms with Crippen LogP contribution in [0.15, 0.2) is 24.3 Å². The number of alkyl halides is 1. The largest absolute Gasteiger partial charge is 0.278 e. The molecule has 0 unspecified atom stereocenters. The second-order valence-corrected chi connectivity index (χ2v) is 4.01. The van der Waals surface area contributed by atoms with Crippen molar-refractivity contribution in [3.8, 4) is 0 Å². The Morgan fingerprint density at radius 2 is 2.27 bits per heavy atom. The van der Waals surface area contributed by atoms with Crippen LogP contribution < -0.4 is 0 Å². The van der Waals surface area contributed by atoms with Gasteiger partial charge in [-0.1, -0.05) is 45.7 Å². The van der Waals surface area contributed by atoms with Crippen molar-refractivity contribution in [3.63, 3.8) is 0 Å². The maximum absolute atomic E-state index is 10.7. The first-order valence-corrected chi connectivity index (χ1v) is 5.82. The molecule has 5 heteroatoms. The minimum Gasteiger partial charge on any atom is -0.258 e. The summed E-state index contributed by atoms with van der Waals surface area (Å²) in [6, 6.07) is 4.66. The van der Waals surface area contributed by atoms with Gasteiger partial charge in [0, 0.05) is 11.4 Å². The molecular formula is C10H9BrClNO2. The molecule has 0 aliphatic carbocycles. The van der Waals surface area contributed by atoms with E-state index in [0.29, 0.717) is 10.6 Å². The maximum Gasteiger partial charge on any atom is 0.278 e. The fourth-order valence-corrected chi connectivity index (χ4v) is 1.61. The van der Waals surface area contributed by atoms with Gasteiger partial charge in [-0.15, -0.1) is 0 Å². The summed E-state index contributed by atoms with van der Waals surface area (Å²) in [6.07, 6.45) is 4.34. The molecule has 0 aliphatic rings. The number of nitro benzene ring substituents is 1. The van der Waals surface area contributed by atoms with Gasteiger partial charge in [0.1, 0.15) is 0 Å². The Morgan fingerprint density at radius 1 is 1.53 bits per heavy atom.